The summed E-state index contributed by atoms with van der Waals surface area (Å²) in [7, 11) is 3.18. The molecule has 36 heavy (non-hydrogen) atoms. The van der Waals surface area contributed by atoms with Crippen LogP contribution in [0.15, 0.2) is 43.0 Å². The molecule has 1 N–H and O–H groups in total. The predicted octanol–water partition coefficient (Wildman–Crippen LogP) is 3.53. The summed E-state index contributed by atoms with van der Waals surface area (Å²) in [6.45, 7) is 3.15. The van der Waals surface area contributed by atoms with E-state index in [0.29, 0.717) is 28.5 Å². The van der Waals surface area contributed by atoms with E-state index in [2.05, 4.69) is 35.3 Å². The molecule has 0 aliphatic carbocycles. The number of amides is 1. The van der Waals surface area contributed by atoms with Gasteiger partial charge >= 0.3 is 6.18 Å². The third-order valence-electron chi connectivity index (χ3n) is 5.25. The van der Waals surface area contributed by atoms with Crippen LogP contribution in [0.25, 0.3) is 22.5 Å². The Morgan fingerprint density at radius 1 is 1.06 bits per heavy atom. The largest absolute Gasteiger partial charge is 0.451 e. The highest BCUT2D eigenvalue weighted by atomic mass is 19.4. The first-order valence-corrected chi connectivity index (χ1v) is 10.7. The van der Waals surface area contributed by atoms with Crippen molar-refractivity contribution in [2.75, 3.05) is 24.3 Å². The molecule has 0 unspecified atom stereocenters. The topological polar surface area (TPSA) is 115 Å². The second kappa shape index (κ2) is 9.68. The van der Waals surface area contributed by atoms with Crippen LogP contribution in [-0.4, -0.2) is 54.7 Å². The lowest BCUT2D eigenvalue weighted by Crippen LogP contribution is -2.21. The molecule has 0 saturated carbocycles. The zero-order chi connectivity index (χ0) is 26.0. The van der Waals surface area contributed by atoms with E-state index in [4.69, 9.17) is 0 Å². The molecule has 0 radical (unpaired) electrons. The van der Waals surface area contributed by atoms with Gasteiger partial charge in [-0.2, -0.15) is 18.3 Å². The second-order valence-corrected chi connectivity index (χ2v) is 8.10. The molecule has 0 aliphatic rings. The molecule has 0 bridgehead atoms. The lowest BCUT2D eigenvalue weighted by Gasteiger charge is -2.15. The van der Waals surface area contributed by atoms with Crippen LogP contribution in [0, 0.1) is 13.8 Å². The van der Waals surface area contributed by atoms with Crippen molar-refractivity contribution in [2.24, 2.45) is 0 Å². The zero-order valence-corrected chi connectivity index (χ0v) is 19.9. The Bertz CT molecular complexity index is 1380. The van der Waals surface area contributed by atoms with Gasteiger partial charge in [0.25, 0.3) is 0 Å². The molecule has 10 nitrogen and oxygen atoms in total. The fourth-order valence-corrected chi connectivity index (χ4v) is 3.53. The molecular weight excluding hydrogens is 475 g/mol. The number of halogens is 3. The van der Waals surface area contributed by atoms with Gasteiger partial charge < -0.3 is 10.2 Å². The maximum absolute atomic E-state index is 13.4. The van der Waals surface area contributed by atoms with Gasteiger partial charge in [0.1, 0.15) is 18.2 Å². The van der Waals surface area contributed by atoms with Crippen LogP contribution in [0.5, 0.6) is 0 Å². The molecule has 0 fully saturated rings. The number of aromatic nitrogens is 7. The summed E-state index contributed by atoms with van der Waals surface area (Å²) in [5.74, 6) is -1.22. The summed E-state index contributed by atoms with van der Waals surface area (Å²) in [5.41, 5.74) is 2.79. The number of aryl methyl sites for hydroxylation is 1. The van der Waals surface area contributed by atoms with Gasteiger partial charge in [-0.05, 0) is 26.0 Å². The van der Waals surface area contributed by atoms with Crippen molar-refractivity contribution in [1.82, 2.24) is 34.7 Å². The third kappa shape index (κ3) is 5.29. The number of carbonyl (C=O) groups is 1. The van der Waals surface area contributed by atoms with E-state index in [0.717, 1.165) is 5.56 Å². The molecule has 4 aromatic heterocycles. The normalized spacial score (nSPS) is 11.4. The molecule has 0 saturated heterocycles. The summed E-state index contributed by atoms with van der Waals surface area (Å²) >= 11 is 0. The van der Waals surface area contributed by atoms with Crippen molar-refractivity contribution >= 4 is 17.5 Å². The molecule has 1 amide bonds. The molecule has 4 aromatic rings. The lowest BCUT2D eigenvalue weighted by molar-refractivity contribution is -0.144. The first-order valence-electron chi connectivity index (χ1n) is 10.7. The molecule has 0 aliphatic heterocycles. The minimum absolute atomic E-state index is 0.0731. The van der Waals surface area contributed by atoms with Gasteiger partial charge in [-0.1, -0.05) is 0 Å². The van der Waals surface area contributed by atoms with E-state index in [1.807, 2.05) is 0 Å². The Balaban J connectivity index is 1.55. The Morgan fingerprint density at radius 2 is 1.83 bits per heavy atom. The molecular formula is C23H22F3N9O. The van der Waals surface area contributed by atoms with Crippen molar-refractivity contribution in [3.8, 4) is 22.5 Å². The number of hydrogen-bond acceptors (Lipinski definition) is 8. The summed E-state index contributed by atoms with van der Waals surface area (Å²) in [6.07, 6.45) is 1.59. The van der Waals surface area contributed by atoms with Crippen LogP contribution in [0.1, 0.15) is 17.2 Å². The van der Waals surface area contributed by atoms with E-state index in [-0.39, 0.29) is 18.1 Å². The Morgan fingerprint density at radius 3 is 2.44 bits per heavy atom. The smallest absolute Gasteiger partial charge is 0.363 e. The van der Waals surface area contributed by atoms with Crippen LogP contribution >= 0.6 is 0 Å². The molecule has 4 heterocycles. The molecule has 0 spiro atoms. The molecule has 13 heteroatoms. The number of pyridine rings is 1. The van der Waals surface area contributed by atoms with Crippen molar-refractivity contribution < 1.29 is 18.0 Å². The number of nitrogens with one attached hydrogen (secondary N) is 1. The number of hydrogen-bond donors (Lipinski definition) is 1. The minimum Gasteiger partial charge on any atom is -0.363 e. The SMILES string of the molecule is Cc1nn(CC(=O)Nc2ccc(-c3cnccn3)cn2)c(C)c1-c1cc(N(C)C)nc(C(F)(F)F)n1. The van der Waals surface area contributed by atoms with Crippen molar-refractivity contribution in [1.29, 1.82) is 0 Å². The monoisotopic (exact) mass is 497 g/mol. The molecule has 0 aromatic carbocycles. The second-order valence-electron chi connectivity index (χ2n) is 8.10. The highest BCUT2D eigenvalue weighted by Gasteiger charge is 2.36. The fourth-order valence-electron chi connectivity index (χ4n) is 3.53. The Labute approximate surface area is 204 Å². The van der Waals surface area contributed by atoms with Gasteiger partial charge in [0.15, 0.2) is 0 Å². The van der Waals surface area contributed by atoms with E-state index in [9.17, 15) is 18.0 Å². The van der Waals surface area contributed by atoms with Crippen molar-refractivity contribution in [2.45, 2.75) is 26.6 Å². The van der Waals surface area contributed by atoms with E-state index in [1.165, 1.54) is 15.6 Å². The quantitative estimate of drug-likeness (QED) is 0.430. The predicted molar refractivity (Wildman–Crippen MR) is 126 cm³/mol. The Kier molecular flexibility index (Phi) is 6.64. The first-order chi connectivity index (χ1) is 17.0. The standard InChI is InChI=1S/C23H22F3N9O/c1-13-21(16-9-19(34(3)4)32-22(30-16)23(24,25)26)14(2)35(33-13)12-20(36)31-18-6-5-15(10-29-18)17-11-27-7-8-28-17/h5-11H,12H2,1-4H3,(H,29,31,36). The van der Waals surface area contributed by atoms with Crippen LogP contribution in [0.4, 0.5) is 24.8 Å². The summed E-state index contributed by atoms with van der Waals surface area (Å²) < 4.78 is 41.6. The lowest BCUT2D eigenvalue weighted by atomic mass is 10.1. The third-order valence-corrected chi connectivity index (χ3v) is 5.25. The maximum Gasteiger partial charge on any atom is 0.451 e. The van der Waals surface area contributed by atoms with Gasteiger partial charge in [0.05, 0.1) is 23.3 Å². The molecule has 186 valence electrons. The van der Waals surface area contributed by atoms with Gasteiger partial charge in [-0.25, -0.2) is 15.0 Å². The summed E-state index contributed by atoms with van der Waals surface area (Å²) in [6, 6.07) is 4.85. The average molecular weight is 497 g/mol. The Hall–Kier alpha value is -4.42. The van der Waals surface area contributed by atoms with Crippen LogP contribution < -0.4 is 10.2 Å². The van der Waals surface area contributed by atoms with E-state index < -0.39 is 17.9 Å². The van der Waals surface area contributed by atoms with Crippen LogP contribution in [-0.2, 0) is 17.5 Å². The summed E-state index contributed by atoms with van der Waals surface area (Å²) in [4.78, 5) is 33.9. The number of carbonyl (C=O) groups excluding carboxylic acids is 1. The number of rotatable bonds is 6. The highest BCUT2D eigenvalue weighted by Crippen LogP contribution is 2.32. The molecule has 4 rings (SSSR count). The number of nitrogens with zero attached hydrogens (tertiary/aromatic N) is 8. The first kappa shape index (κ1) is 24.7. The zero-order valence-electron chi connectivity index (χ0n) is 19.9. The van der Waals surface area contributed by atoms with E-state index in [1.54, 1.807) is 64.9 Å². The van der Waals surface area contributed by atoms with Crippen LogP contribution in [0.2, 0.25) is 0 Å². The molecule has 0 atom stereocenters. The maximum atomic E-state index is 13.4. The van der Waals surface area contributed by atoms with Crippen molar-refractivity contribution in [3.63, 3.8) is 0 Å². The number of anilines is 2. The van der Waals surface area contributed by atoms with Gasteiger partial charge in [0.2, 0.25) is 11.7 Å². The number of alkyl halides is 3. The highest BCUT2D eigenvalue weighted by molar-refractivity contribution is 5.89. The van der Waals surface area contributed by atoms with Gasteiger partial charge in [-0.15, -0.1) is 0 Å². The minimum atomic E-state index is -4.71. The van der Waals surface area contributed by atoms with Gasteiger partial charge in [-0.3, -0.25) is 19.4 Å². The summed E-state index contributed by atoms with van der Waals surface area (Å²) in [5, 5.41) is 7.04. The fraction of sp³-hybridized carbons (Fsp3) is 0.261. The van der Waals surface area contributed by atoms with E-state index >= 15 is 0 Å². The average Bonchev–Trinajstić information content (AvgIpc) is 3.11. The van der Waals surface area contributed by atoms with Crippen LogP contribution in [0.3, 0.4) is 0 Å². The van der Waals surface area contributed by atoms with Crippen molar-refractivity contribution in [3.05, 3.63) is 60.2 Å². The van der Waals surface area contributed by atoms with Gasteiger partial charge in [0, 0.05) is 55.6 Å².